The molecule has 1 fully saturated rings. The van der Waals surface area contributed by atoms with Crippen LogP contribution in [0.25, 0.3) is 0 Å². The van der Waals surface area contributed by atoms with Gasteiger partial charge in [-0.25, -0.2) is 0 Å². The summed E-state index contributed by atoms with van der Waals surface area (Å²) in [5, 5.41) is 0. The molecule has 1 heterocycles. The Hall–Kier alpha value is -1.10. The van der Waals surface area contributed by atoms with Crippen molar-refractivity contribution in [1.82, 2.24) is 4.90 Å². The number of rotatable bonds is 3. The smallest absolute Gasteiger partial charge is 0.240 e. The third-order valence-corrected chi connectivity index (χ3v) is 3.14. The van der Waals surface area contributed by atoms with Crippen LogP contribution in [0.3, 0.4) is 0 Å². The molecule has 16 heavy (non-hydrogen) atoms. The highest BCUT2D eigenvalue weighted by atomic mass is 16.2. The molecule has 5 nitrogen and oxygen atoms in total. The Bertz CT molecular complexity index is 280. The number of piperidine rings is 1. The first-order chi connectivity index (χ1) is 7.41. The number of carbonyl (C=O) groups excluding carboxylic acids is 2. The highest BCUT2D eigenvalue weighted by molar-refractivity contribution is 5.87. The van der Waals surface area contributed by atoms with Crippen molar-refractivity contribution in [2.75, 3.05) is 6.54 Å². The summed E-state index contributed by atoms with van der Waals surface area (Å²) in [5.74, 6) is -0.183. The Morgan fingerprint density at radius 2 is 2.00 bits per heavy atom. The van der Waals surface area contributed by atoms with Gasteiger partial charge in [-0.05, 0) is 25.7 Å². The Morgan fingerprint density at radius 3 is 2.56 bits per heavy atom. The molecule has 3 unspecified atom stereocenters. The van der Waals surface area contributed by atoms with Gasteiger partial charge in [0.2, 0.25) is 11.8 Å². The Labute approximate surface area is 96.1 Å². The summed E-state index contributed by atoms with van der Waals surface area (Å²) in [6.45, 7) is 4.86. The lowest BCUT2D eigenvalue weighted by molar-refractivity contribution is -0.138. The van der Waals surface area contributed by atoms with Crippen LogP contribution in [0.4, 0.5) is 0 Å². The Balaban J connectivity index is 2.60. The summed E-state index contributed by atoms with van der Waals surface area (Å²) in [6, 6.07) is -0.576. The van der Waals surface area contributed by atoms with Crippen LogP contribution < -0.4 is 11.5 Å². The zero-order chi connectivity index (χ0) is 12.3. The maximum absolute atomic E-state index is 12.0. The first kappa shape index (κ1) is 13.0. The zero-order valence-corrected chi connectivity index (χ0v) is 9.98. The number of nitrogens with zero attached hydrogens (tertiary/aromatic N) is 1. The standard InChI is InChI=1S/C11H21N3O2/c1-7-3-4-8(2)14(6-7)11(16)9(12)5-10(13)15/h7-9H,3-6,12H2,1-2H3,(H2,13,15). The van der Waals surface area contributed by atoms with E-state index in [1.807, 2.05) is 6.92 Å². The van der Waals surface area contributed by atoms with Gasteiger partial charge in [-0.3, -0.25) is 9.59 Å². The quantitative estimate of drug-likeness (QED) is 0.701. The highest BCUT2D eigenvalue weighted by Crippen LogP contribution is 2.21. The van der Waals surface area contributed by atoms with E-state index in [-0.39, 0.29) is 18.4 Å². The predicted molar refractivity (Wildman–Crippen MR) is 61.4 cm³/mol. The number of likely N-dealkylation sites (tertiary alicyclic amines) is 1. The molecule has 0 aromatic heterocycles. The third-order valence-electron chi connectivity index (χ3n) is 3.14. The second-order valence-corrected chi connectivity index (χ2v) is 4.80. The van der Waals surface area contributed by atoms with Crippen LogP contribution in [0.15, 0.2) is 0 Å². The molecule has 0 aromatic carbocycles. The van der Waals surface area contributed by atoms with E-state index >= 15 is 0 Å². The van der Waals surface area contributed by atoms with E-state index in [2.05, 4.69) is 6.92 Å². The van der Waals surface area contributed by atoms with Crippen LogP contribution in [0, 0.1) is 5.92 Å². The lowest BCUT2D eigenvalue weighted by Crippen LogP contribution is -2.52. The van der Waals surface area contributed by atoms with E-state index in [9.17, 15) is 9.59 Å². The molecule has 0 aliphatic carbocycles. The van der Waals surface area contributed by atoms with Crippen molar-refractivity contribution >= 4 is 11.8 Å². The minimum Gasteiger partial charge on any atom is -0.370 e. The average molecular weight is 227 g/mol. The molecular formula is C11H21N3O2. The molecule has 4 N–H and O–H groups in total. The van der Waals surface area contributed by atoms with Gasteiger partial charge in [-0.15, -0.1) is 0 Å². The van der Waals surface area contributed by atoms with Crippen LogP contribution >= 0.6 is 0 Å². The second-order valence-electron chi connectivity index (χ2n) is 4.80. The first-order valence-corrected chi connectivity index (χ1v) is 5.76. The summed E-state index contributed by atoms with van der Waals surface area (Å²) in [5.41, 5.74) is 10.7. The lowest BCUT2D eigenvalue weighted by Gasteiger charge is -2.38. The van der Waals surface area contributed by atoms with Gasteiger partial charge in [-0.1, -0.05) is 6.92 Å². The van der Waals surface area contributed by atoms with Crippen molar-refractivity contribution in [2.45, 2.75) is 45.2 Å². The van der Waals surface area contributed by atoms with Gasteiger partial charge in [0.25, 0.3) is 0 Å². The van der Waals surface area contributed by atoms with Gasteiger partial charge in [-0.2, -0.15) is 0 Å². The molecule has 1 saturated heterocycles. The number of hydrogen-bond acceptors (Lipinski definition) is 3. The van der Waals surface area contributed by atoms with E-state index in [4.69, 9.17) is 11.5 Å². The summed E-state index contributed by atoms with van der Waals surface area (Å²) >= 11 is 0. The summed E-state index contributed by atoms with van der Waals surface area (Å²) in [7, 11) is 0. The SMILES string of the molecule is CC1CCC(C)N(C(=O)C(N)CC(N)=O)C1. The number of carbonyl (C=O) groups is 2. The maximum atomic E-state index is 12.0. The van der Waals surface area contributed by atoms with Crippen molar-refractivity contribution in [3.63, 3.8) is 0 Å². The third kappa shape index (κ3) is 3.20. The normalized spacial score (nSPS) is 27.6. The van der Waals surface area contributed by atoms with Crippen LogP contribution in [0.1, 0.15) is 33.1 Å². The molecule has 0 spiro atoms. The van der Waals surface area contributed by atoms with E-state index in [0.29, 0.717) is 5.92 Å². The molecule has 92 valence electrons. The predicted octanol–water partition coefficient (Wildman–Crippen LogP) is -0.164. The highest BCUT2D eigenvalue weighted by Gasteiger charge is 2.30. The van der Waals surface area contributed by atoms with Gasteiger partial charge >= 0.3 is 0 Å². The fourth-order valence-corrected chi connectivity index (χ4v) is 2.11. The number of nitrogens with two attached hydrogens (primary N) is 2. The molecule has 0 saturated carbocycles. The Morgan fingerprint density at radius 1 is 1.38 bits per heavy atom. The fraction of sp³-hybridized carbons (Fsp3) is 0.818. The van der Waals surface area contributed by atoms with Crippen LogP contribution in [0.5, 0.6) is 0 Å². The summed E-state index contributed by atoms with van der Waals surface area (Å²) < 4.78 is 0. The number of amides is 2. The van der Waals surface area contributed by atoms with Gasteiger partial charge in [0.1, 0.15) is 0 Å². The van der Waals surface area contributed by atoms with Crippen molar-refractivity contribution < 1.29 is 9.59 Å². The van der Waals surface area contributed by atoms with Crippen molar-refractivity contribution in [1.29, 1.82) is 0 Å². The molecule has 1 aliphatic rings. The topological polar surface area (TPSA) is 89.4 Å². The van der Waals surface area contributed by atoms with Crippen LogP contribution in [-0.2, 0) is 9.59 Å². The Kier molecular flexibility index (Phi) is 4.29. The zero-order valence-electron chi connectivity index (χ0n) is 9.98. The molecule has 1 rings (SSSR count). The first-order valence-electron chi connectivity index (χ1n) is 5.76. The van der Waals surface area contributed by atoms with E-state index < -0.39 is 11.9 Å². The molecule has 1 aliphatic heterocycles. The van der Waals surface area contributed by atoms with Gasteiger partial charge in [0.15, 0.2) is 0 Å². The summed E-state index contributed by atoms with van der Waals surface area (Å²) in [4.78, 5) is 24.5. The lowest BCUT2D eigenvalue weighted by atomic mass is 9.94. The van der Waals surface area contributed by atoms with Crippen molar-refractivity contribution in [3.8, 4) is 0 Å². The molecule has 0 bridgehead atoms. The van der Waals surface area contributed by atoms with E-state index in [1.54, 1.807) is 4.90 Å². The molecule has 3 atom stereocenters. The number of hydrogen-bond donors (Lipinski definition) is 2. The van der Waals surface area contributed by atoms with Gasteiger partial charge in [0.05, 0.1) is 12.5 Å². The fourth-order valence-electron chi connectivity index (χ4n) is 2.11. The van der Waals surface area contributed by atoms with E-state index in [0.717, 1.165) is 19.4 Å². The van der Waals surface area contributed by atoms with Crippen LogP contribution in [-0.4, -0.2) is 35.3 Å². The largest absolute Gasteiger partial charge is 0.370 e. The monoisotopic (exact) mass is 227 g/mol. The van der Waals surface area contributed by atoms with E-state index in [1.165, 1.54) is 0 Å². The van der Waals surface area contributed by atoms with Gasteiger partial charge in [0, 0.05) is 12.6 Å². The second kappa shape index (κ2) is 5.30. The minimum absolute atomic E-state index is 0.0730. The molecule has 2 amide bonds. The molecular weight excluding hydrogens is 206 g/mol. The van der Waals surface area contributed by atoms with Crippen LogP contribution in [0.2, 0.25) is 0 Å². The molecule has 0 aromatic rings. The van der Waals surface area contributed by atoms with Gasteiger partial charge < -0.3 is 16.4 Å². The minimum atomic E-state index is -0.787. The molecule has 5 heteroatoms. The number of primary amides is 1. The average Bonchev–Trinajstić information content (AvgIpc) is 2.19. The van der Waals surface area contributed by atoms with Crippen molar-refractivity contribution in [3.05, 3.63) is 0 Å². The summed E-state index contributed by atoms with van der Waals surface area (Å²) in [6.07, 6.45) is 2.06. The molecule has 0 radical (unpaired) electrons. The van der Waals surface area contributed by atoms with Crippen molar-refractivity contribution in [2.24, 2.45) is 17.4 Å². The maximum Gasteiger partial charge on any atom is 0.240 e.